The lowest BCUT2D eigenvalue weighted by molar-refractivity contribution is -0.141. The Kier molecular flexibility index (Phi) is 5.18. The molecule has 0 heterocycles. The van der Waals surface area contributed by atoms with Gasteiger partial charge in [0.2, 0.25) is 0 Å². The predicted molar refractivity (Wildman–Crippen MR) is 64.3 cm³/mol. The monoisotopic (exact) mass is 232 g/mol. The van der Waals surface area contributed by atoms with Crippen LogP contribution in [0.4, 0.5) is 0 Å². The van der Waals surface area contributed by atoms with Crippen molar-refractivity contribution in [3.63, 3.8) is 0 Å². The van der Waals surface area contributed by atoms with Gasteiger partial charge in [-0.15, -0.1) is 0 Å². The van der Waals surface area contributed by atoms with Crippen LogP contribution in [-0.2, 0) is 9.53 Å². The van der Waals surface area contributed by atoms with Gasteiger partial charge in [-0.25, -0.2) is 0 Å². The molecule has 1 rings (SSSR count). The summed E-state index contributed by atoms with van der Waals surface area (Å²) in [5.74, 6) is -0.525. The number of nitrogens with zero attached hydrogens (tertiary/aromatic N) is 2. The Morgan fingerprint density at radius 1 is 1.47 bits per heavy atom. The summed E-state index contributed by atoms with van der Waals surface area (Å²) in [4.78, 5) is 12.9. The van der Waals surface area contributed by atoms with Gasteiger partial charge < -0.3 is 4.74 Å². The van der Waals surface area contributed by atoms with Gasteiger partial charge in [-0.2, -0.15) is 5.26 Å². The van der Waals surface area contributed by atoms with Crippen molar-refractivity contribution in [2.45, 2.75) is 5.92 Å². The van der Waals surface area contributed by atoms with E-state index in [2.05, 4.69) is 10.8 Å². The minimum absolute atomic E-state index is 0.196. The first-order valence-electron chi connectivity index (χ1n) is 5.37. The van der Waals surface area contributed by atoms with E-state index in [0.717, 1.165) is 5.56 Å². The van der Waals surface area contributed by atoms with Crippen LogP contribution in [0.15, 0.2) is 30.3 Å². The van der Waals surface area contributed by atoms with Crippen LogP contribution in [0.3, 0.4) is 0 Å². The summed E-state index contributed by atoms with van der Waals surface area (Å²) in [7, 11) is 3.15. The van der Waals surface area contributed by atoms with E-state index in [1.165, 1.54) is 7.11 Å². The highest BCUT2D eigenvalue weighted by Gasteiger charge is 2.15. The van der Waals surface area contributed by atoms with Crippen LogP contribution in [0, 0.1) is 11.3 Å². The van der Waals surface area contributed by atoms with Crippen molar-refractivity contribution in [3.05, 3.63) is 35.9 Å². The van der Waals surface area contributed by atoms with Crippen molar-refractivity contribution >= 4 is 5.97 Å². The predicted octanol–water partition coefficient (Wildman–Crippen LogP) is 1.40. The minimum atomic E-state index is -0.294. The number of ether oxygens (including phenoxy) is 1. The maximum absolute atomic E-state index is 11.1. The standard InChI is InChI=1S/C13H16N2O2/c1-15(10-13(16)17-2)9-12(8-14)11-6-4-3-5-7-11/h3-7,12H,9-10H2,1-2H3. The van der Waals surface area contributed by atoms with Gasteiger partial charge in [-0.3, -0.25) is 9.69 Å². The molecule has 1 unspecified atom stereocenters. The molecular weight excluding hydrogens is 216 g/mol. The molecule has 0 aliphatic rings. The van der Waals surface area contributed by atoms with Gasteiger partial charge in [0, 0.05) is 6.54 Å². The number of methoxy groups -OCH3 is 1. The van der Waals surface area contributed by atoms with Gasteiger partial charge in [0.05, 0.1) is 25.6 Å². The van der Waals surface area contributed by atoms with E-state index >= 15 is 0 Å². The summed E-state index contributed by atoms with van der Waals surface area (Å²) in [5, 5.41) is 9.13. The van der Waals surface area contributed by atoms with Crippen LogP contribution in [0.5, 0.6) is 0 Å². The number of likely N-dealkylation sites (N-methyl/N-ethyl adjacent to an activating group) is 1. The van der Waals surface area contributed by atoms with Gasteiger partial charge in [0.15, 0.2) is 0 Å². The van der Waals surface area contributed by atoms with Crippen molar-refractivity contribution < 1.29 is 9.53 Å². The fraction of sp³-hybridized carbons (Fsp3) is 0.385. The number of hydrogen-bond acceptors (Lipinski definition) is 4. The molecule has 4 nitrogen and oxygen atoms in total. The Balaban J connectivity index is 2.60. The zero-order chi connectivity index (χ0) is 12.7. The van der Waals surface area contributed by atoms with Crippen LogP contribution in [-0.4, -0.2) is 38.1 Å². The molecule has 1 aromatic carbocycles. The van der Waals surface area contributed by atoms with Crippen LogP contribution in [0.25, 0.3) is 0 Å². The van der Waals surface area contributed by atoms with Crippen molar-refractivity contribution in [1.29, 1.82) is 5.26 Å². The van der Waals surface area contributed by atoms with Crippen molar-refractivity contribution in [2.24, 2.45) is 0 Å². The second kappa shape index (κ2) is 6.66. The van der Waals surface area contributed by atoms with Gasteiger partial charge in [0.25, 0.3) is 0 Å². The molecule has 0 spiro atoms. The Morgan fingerprint density at radius 2 is 2.12 bits per heavy atom. The Labute approximate surface area is 101 Å². The average Bonchev–Trinajstić information content (AvgIpc) is 2.36. The van der Waals surface area contributed by atoms with E-state index in [1.54, 1.807) is 11.9 Å². The lowest BCUT2D eigenvalue weighted by Crippen LogP contribution is -2.30. The average molecular weight is 232 g/mol. The first-order valence-corrected chi connectivity index (χ1v) is 5.37. The van der Waals surface area contributed by atoms with Crippen LogP contribution in [0.2, 0.25) is 0 Å². The zero-order valence-electron chi connectivity index (χ0n) is 10.1. The van der Waals surface area contributed by atoms with E-state index in [4.69, 9.17) is 5.26 Å². The molecule has 0 N–H and O–H groups in total. The minimum Gasteiger partial charge on any atom is -0.468 e. The van der Waals surface area contributed by atoms with Gasteiger partial charge in [0.1, 0.15) is 0 Å². The van der Waals surface area contributed by atoms with Crippen molar-refractivity contribution in [2.75, 3.05) is 27.2 Å². The van der Waals surface area contributed by atoms with E-state index in [-0.39, 0.29) is 18.4 Å². The third-order valence-corrected chi connectivity index (χ3v) is 2.48. The highest BCUT2D eigenvalue weighted by Crippen LogP contribution is 2.15. The number of esters is 1. The summed E-state index contributed by atoms with van der Waals surface area (Å²) in [6.07, 6.45) is 0. The number of carbonyl (C=O) groups is 1. The fourth-order valence-electron chi connectivity index (χ4n) is 1.57. The van der Waals surface area contributed by atoms with Crippen molar-refractivity contribution in [3.8, 4) is 6.07 Å². The molecule has 0 saturated heterocycles. The molecule has 0 bridgehead atoms. The zero-order valence-corrected chi connectivity index (χ0v) is 10.1. The van der Waals surface area contributed by atoms with E-state index in [1.807, 2.05) is 30.3 Å². The smallest absolute Gasteiger partial charge is 0.319 e. The molecule has 90 valence electrons. The largest absolute Gasteiger partial charge is 0.468 e. The number of carbonyl (C=O) groups excluding carboxylic acids is 1. The third kappa shape index (κ3) is 4.25. The number of hydrogen-bond donors (Lipinski definition) is 0. The quantitative estimate of drug-likeness (QED) is 0.720. The molecule has 0 aliphatic heterocycles. The summed E-state index contributed by atoms with van der Waals surface area (Å²) in [6, 6.07) is 11.8. The molecule has 0 fully saturated rings. The third-order valence-electron chi connectivity index (χ3n) is 2.48. The first-order chi connectivity index (χ1) is 8.17. The molecule has 0 aliphatic carbocycles. The van der Waals surface area contributed by atoms with Crippen LogP contribution < -0.4 is 0 Å². The van der Waals surface area contributed by atoms with Gasteiger partial charge >= 0.3 is 5.97 Å². The topological polar surface area (TPSA) is 53.3 Å². The normalized spacial score (nSPS) is 11.9. The van der Waals surface area contributed by atoms with Crippen LogP contribution in [0.1, 0.15) is 11.5 Å². The molecule has 0 amide bonds. The van der Waals surface area contributed by atoms with Gasteiger partial charge in [-0.05, 0) is 12.6 Å². The molecule has 4 heteroatoms. The molecule has 1 atom stereocenters. The summed E-state index contributed by atoms with van der Waals surface area (Å²) in [5.41, 5.74) is 0.965. The summed E-state index contributed by atoms with van der Waals surface area (Å²) in [6.45, 7) is 0.705. The molecule has 0 aromatic heterocycles. The van der Waals surface area contributed by atoms with Crippen LogP contribution >= 0.6 is 0 Å². The van der Waals surface area contributed by atoms with Gasteiger partial charge in [-0.1, -0.05) is 30.3 Å². The lowest BCUT2D eigenvalue weighted by atomic mass is 10.0. The SMILES string of the molecule is COC(=O)CN(C)CC(C#N)c1ccccc1. The fourth-order valence-corrected chi connectivity index (χ4v) is 1.57. The maximum atomic E-state index is 11.1. The second-order valence-corrected chi connectivity index (χ2v) is 3.87. The molecular formula is C13H16N2O2. The highest BCUT2D eigenvalue weighted by molar-refractivity contribution is 5.71. The lowest BCUT2D eigenvalue weighted by Gasteiger charge is -2.18. The number of benzene rings is 1. The second-order valence-electron chi connectivity index (χ2n) is 3.87. The van der Waals surface area contributed by atoms with Crippen molar-refractivity contribution in [1.82, 2.24) is 4.90 Å². The summed E-state index contributed by atoms with van der Waals surface area (Å²) < 4.78 is 4.58. The first kappa shape index (κ1) is 13.2. The van der Waals surface area contributed by atoms with E-state index < -0.39 is 0 Å². The Hall–Kier alpha value is -1.86. The molecule has 0 saturated carbocycles. The highest BCUT2D eigenvalue weighted by atomic mass is 16.5. The van der Waals surface area contributed by atoms with E-state index in [0.29, 0.717) is 6.54 Å². The Morgan fingerprint density at radius 3 is 2.65 bits per heavy atom. The molecule has 17 heavy (non-hydrogen) atoms. The molecule has 1 aromatic rings. The Bertz CT molecular complexity index is 398. The summed E-state index contributed by atoms with van der Waals surface area (Å²) >= 11 is 0. The number of rotatable bonds is 5. The number of nitriles is 1. The van der Waals surface area contributed by atoms with E-state index in [9.17, 15) is 4.79 Å². The molecule has 0 radical (unpaired) electrons. The maximum Gasteiger partial charge on any atom is 0.319 e.